The third kappa shape index (κ3) is 2.87. The van der Waals surface area contributed by atoms with E-state index in [1.165, 1.54) is 42.3 Å². The highest BCUT2D eigenvalue weighted by Gasteiger charge is 2.22. The highest BCUT2D eigenvalue weighted by atomic mass is 15.1. The topological polar surface area (TPSA) is 15.3 Å². The van der Waals surface area contributed by atoms with Crippen LogP contribution in [0.2, 0.25) is 0 Å². The van der Waals surface area contributed by atoms with Crippen LogP contribution < -0.4 is 5.32 Å². The largest absolute Gasteiger partial charge is 0.316 e. The summed E-state index contributed by atoms with van der Waals surface area (Å²) < 4.78 is 0. The van der Waals surface area contributed by atoms with E-state index >= 15 is 0 Å². The van der Waals surface area contributed by atoms with E-state index in [1.54, 1.807) is 0 Å². The third-order valence-corrected chi connectivity index (χ3v) is 4.50. The van der Waals surface area contributed by atoms with Crippen LogP contribution in [0.5, 0.6) is 0 Å². The van der Waals surface area contributed by atoms with E-state index in [0.29, 0.717) is 6.04 Å². The van der Waals surface area contributed by atoms with Gasteiger partial charge in [-0.15, -0.1) is 0 Å². The number of benzene rings is 2. The minimum absolute atomic E-state index is 0.518. The Morgan fingerprint density at radius 1 is 1.15 bits per heavy atom. The average molecular weight is 268 g/mol. The molecule has 1 fully saturated rings. The van der Waals surface area contributed by atoms with Gasteiger partial charge in [-0.2, -0.15) is 0 Å². The molecule has 1 aliphatic rings. The molecule has 0 aliphatic carbocycles. The lowest BCUT2D eigenvalue weighted by atomic mass is 9.92. The molecule has 2 aromatic rings. The molecular weight excluding hydrogens is 244 g/mol. The van der Waals surface area contributed by atoms with Gasteiger partial charge in [0.2, 0.25) is 0 Å². The van der Waals surface area contributed by atoms with Gasteiger partial charge in [0, 0.05) is 6.04 Å². The summed E-state index contributed by atoms with van der Waals surface area (Å²) in [5.74, 6) is 0.814. The van der Waals surface area contributed by atoms with Crippen molar-refractivity contribution in [2.24, 2.45) is 5.92 Å². The maximum absolute atomic E-state index is 3.48. The summed E-state index contributed by atoms with van der Waals surface area (Å²) in [6, 6.07) is 16.1. The number of hydrogen-bond acceptors (Lipinski definition) is 2. The van der Waals surface area contributed by atoms with Crippen LogP contribution in [0.25, 0.3) is 10.8 Å². The van der Waals surface area contributed by atoms with E-state index in [9.17, 15) is 0 Å². The molecule has 3 rings (SSSR count). The maximum atomic E-state index is 3.48. The number of nitrogens with one attached hydrogen (secondary N) is 1. The first-order chi connectivity index (χ1) is 9.74. The molecule has 0 amide bonds. The van der Waals surface area contributed by atoms with Gasteiger partial charge in [0.25, 0.3) is 0 Å². The van der Waals surface area contributed by atoms with Gasteiger partial charge >= 0.3 is 0 Å². The molecule has 0 spiro atoms. The van der Waals surface area contributed by atoms with Gasteiger partial charge in [-0.3, -0.25) is 0 Å². The Hall–Kier alpha value is -1.38. The monoisotopic (exact) mass is 268 g/mol. The van der Waals surface area contributed by atoms with Crippen molar-refractivity contribution in [1.29, 1.82) is 0 Å². The highest BCUT2D eigenvalue weighted by Crippen LogP contribution is 2.30. The molecule has 2 nitrogen and oxygen atoms in total. The van der Waals surface area contributed by atoms with Crippen molar-refractivity contribution >= 4 is 10.8 Å². The van der Waals surface area contributed by atoms with Crippen molar-refractivity contribution in [3.63, 3.8) is 0 Å². The van der Waals surface area contributed by atoms with Crippen LogP contribution in [0.15, 0.2) is 42.5 Å². The molecule has 2 aromatic carbocycles. The summed E-state index contributed by atoms with van der Waals surface area (Å²) in [5.41, 5.74) is 1.45. The fourth-order valence-electron chi connectivity index (χ4n) is 3.29. The molecule has 2 unspecified atom stereocenters. The molecule has 1 heterocycles. The van der Waals surface area contributed by atoms with Crippen LogP contribution in [-0.4, -0.2) is 32.1 Å². The first kappa shape index (κ1) is 13.6. The van der Waals surface area contributed by atoms with Gasteiger partial charge in [-0.05, 0) is 68.3 Å². The number of nitrogens with zero attached hydrogens (tertiary/aromatic N) is 1. The fourth-order valence-corrected chi connectivity index (χ4v) is 3.29. The number of hydrogen-bond donors (Lipinski definition) is 1. The van der Waals surface area contributed by atoms with Gasteiger partial charge in [0.05, 0.1) is 0 Å². The van der Waals surface area contributed by atoms with Crippen molar-refractivity contribution < 1.29 is 0 Å². The second kappa shape index (κ2) is 5.94. The van der Waals surface area contributed by atoms with Crippen LogP contribution in [0.3, 0.4) is 0 Å². The van der Waals surface area contributed by atoms with Crippen LogP contribution in [0.1, 0.15) is 24.4 Å². The molecule has 106 valence electrons. The SMILES string of the molecule is CN(C)C(CC1CCNC1)c1ccc2ccccc2c1. The zero-order chi connectivity index (χ0) is 13.9. The normalized spacial score (nSPS) is 20.6. The van der Waals surface area contributed by atoms with E-state index in [1.807, 2.05) is 0 Å². The van der Waals surface area contributed by atoms with E-state index in [0.717, 1.165) is 5.92 Å². The summed E-state index contributed by atoms with van der Waals surface area (Å²) in [7, 11) is 4.39. The molecule has 0 aromatic heterocycles. The summed E-state index contributed by atoms with van der Waals surface area (Å²) in [4.78, 5) is 2.36. The molecule has 0 bridgehead atoms. The molecule has 2 atom stereocenters. The van der Waals surface area contributed by atoms with Crippen LogP contribution in [0.4, 0.5) is 0 Å². The fraction of sp³-hybridized carbons (Fsp3) is 0.444. The van der Waals surface area contributed by atoms with E-state index < -0.39 is 0 Å². The predicted molar refractivity (Wildman–Crippen MR) is 86.0 cm³/mol. The Morgan fingerprint density at radius 3 is 2.65 bits per heavy atom. The standard InChI is InChI=1S/C18H24N2/c1-20(2)18(11-14-9-10-19-13-14)17-8-7-15-5-3-4-6-16(15)12-17/h3-8,12,14,18-19H,9-11,13H2,1-2H3. The maximum Gasteiger partial charge on any atom is 0.0345 e. The van der Waals surface area contributed by atoms with Gasteiger partial charge in [0.15, 0.2) is 0 Å². The Kier molecular flexibility index (Phi) is 4.04. The number of rotatable bonds is 4. The van der Waals surface area contributed by atoms with Crippen molar-refractivity contribution in [2.75, 3.05) is 27.2 Å². The lowest BCUT2D eigenvalue weighted by Gasteiger charge is -2.27. The van der Waals surface area contributed by atoms with Gasteiger partial charge in [-0.1, -0.05) is 36.4 Å². The summed E-state index contributed by atoms with van der Waals surface area (Å²) >= 11 is 0. The molecule has 1 saturated heterocycles. The van der Waals surface area contributed by atoms with E-state index in [2.05, 4.69) is 66.8 Å². The first-order valence-electron chi connectivity index (χ1n) is 7.60. The molecular formula is C18H24N2. The Morgan fingerprint density at radius 2 is 1.95 bits per heavy atom. The van der Waals surface area contributed by atoms with Crippen LogP contribution in [-0.2, 0) is 0 Å². The van der Waals surface area contributed by atoms with E-state index in [4.69, 9.17) is 0 Å². The zero-order valence-electron chi connectivity index (χ0n) is 12.5. The van der Waals surface area contributed by atoms with Crippen molar-refractivity contribution in [3.8, 4) is 0 Å². The Bertz CT molecular complexity index is 570. The van der Waals surface area contributed by atoms with Gasteiger partial charge in [-0.25, -0.2) is 0 Å². The zero-order valence-corrected chi connectivity index (χ0v) is 12.5. The van der Waals surface area contributed by atoms with Crippen molar-refractivity contribution in [2.45, 2.75) is 18.9 Å². The lowest BCUT2D eigenvalue weighted by molar-refractivity contribution is 0.253. The molecule has 0 saturated carbocycles. The quantitative estimate of drug-likeness (QED) is 0.913. The molecule has 1 aliphatic heterocycles. The Balaban J connectivity index is 1.87. The van der Waals surface area contributed by atoms with Gasteiger partial charge in [0.1, 0.15) is 0 Å². The smallest absolute Gasteiger partial charge is 0.0345 e. The summed E-state index contributed by atoms with van der Waals surface area (Å²) in [5, 5.41) is 6.16. The summed E-state index contributed by atoms with van der Waals surface area (Å²) in [6.45, 7) is 2.36. The van der Waals surface area contributed by atoms with E-state index in [-0.39, 0.29) is 0 Å². The first-order valence-corrected chi connectivity index (χ1v) is 7.60. The summed E-state index contributed by atoms with van der Waals surface area (Å²) in [6.07, 6.45) is 2.57. The minimum Gasteiger partial charge on any atom is -0.316 e. The minimum atomic E-state index is 0.518. The third-order valence-electron chi connectivity index (χ3n) is 4.50. The predicted octanol–water partition coefficient (Wildman–Crippen LogP) is 3.44. The highest BCUT2D eigenvalue weighted by molar-refractivity contribution is 5.83. The average Bonchev–Trinajstić information content (AvgIpc) is 2.97. The van der Waals surface area contributed by atoms with Crippen LogP contribution in [0, 0.1) is 5.92 Å². The van der Waals surface area contributed by atoms with Crippen molar-refractivity contribution in [1.82, 2.24) is 10.2 Å². The van der Waals surface area contributed by atoms with Crippen molar-refractivity contribution in [3.05, 3.63) is 48.0 Å². The van der Waals surface area contributed by atoms with Crippen LogP contribution >= 0.6 is 0 Å². The molecule has 20 heavy (non-hydrogen) atoms. The Labute approximate surface area is 121 Å². The second-order valence-electron chi connectivity index (χ2n) is 6.18. The number of fused-ring (bicyclic) bond motifs is 1. The molecule has 1 N–H and O–H groups in total. The van der Waals surface area contributed by atoms with Gasteiger partial charge < -0.3 is 10.2 Å². The lowest BCUT2D eigenvalue weighted by Crippen LogP contribution is -2.23. The second-order valence-corrected chi connectivity index (χ2v) is 6.18. The molecule has 2 heteroatoms. The molecule has 0 radical (unpaired) electrons.